The van der Waals surface area contributed by atoms with Crippen molar-refractivity contribution in [1.82, 2.24) is 10.3 Å². The maximum Gasteiger partial charge on any atom is 0.240 e. The van der Waals surface area contributed by atoms with Gasteiger partial charge >= 0.3 is 0 Å². The van der Waals surface area contributed by atoms with Crippen molar-refractivity contribution in [2.45, 2.75) is 39.3 Å². The first-order chi connectivity index (χ1) is 7.47. The van der Waals surface area contributed by atoms with Crippen LogP contribution < -0.4 is 11.1 Å². The second kappa shape index (κ2) is 5.07. The molecule has 0 aliphatic heterocycles. The highest BCUT2D eigenvalue weighted by Crippen LogP contribution is 2.06. The van der Waals surface area contributed by atoms with E-state index < -0.39 is 5.54 Å². The number of aryl methyl sites for hydroxylation is 1. The Balaban J connectivity index is 2.59. The highest BCUT2D eigenvalue weighted by atomic mass is 16.2. The van der Waals surface area contributed by atoms with Gasteiger partial charge in [0.2, 0.25) is 5.91 Å². The van der Waals surface area contributed by atoms with Gasteiger partial charge in [-0.25, -0.2) is 0 Å². The Morgan fingerprint density at radius 2 is 2.31 bits per heavy atom. The summed E-state index contributed by atoms with van der Waals surface area (Å²) in [6.07, 6.45) is 2.33. The lowest BCUT2D eigenvalue weighted by atomic mass is 9.99. The molecule has 1 rings (SSSR count). The van der Waals surface area contributed by atoms with Crippen LogP contribution in [-0.2, 0) is 11.3 Å². The summed E-state index contributed by atoms with van der Waals surface area (Å²) in [6, 6.07) is 3.84. The first-order valence-corrected chi connectivity index (χ1v) is 5.45. The number of amides is 1. The van der Waals surface area contributed by atoms with Crippen molar-refractivity contribution in [3.63, 3.8) is 0 Å². The SMILES string of the molecule is CCC(C)(N)C(=O)NCc1ncccc1C. The van der Waals surface area contributed by atoms with E-state index >= 15 is 0 Å². The van der Waals surface area contributed by atoms with Crippen LogP contribution >= 0.6 is 0 Å². The fourth-order valence-corrected chi connectivity index (χ4v) is 1.23. The summed E-state index contributed by atoms with van der Waals surface area (Å²) in [5.41, 5.74) is 6.97. The number of hydrogen-bond donors (Lipinski definition) is 2. The molecule has 0 aliphatic rings. The Kier molecular flexibility index (Phi) is 4.01. The lowest BCUT2D eigenvalue weighted by Gasteiger charge is -2.21. The lowest BCUT2D eigenvalue weighted by Crippen LogP contribution is -2.50. The van der Waals surface area contributed by atoms with E-state index in [-0.39, 0.29) is 5.91 Å². The first kappa shape index (κ1) is 12.6. The van der Waals surface area contributed by atoms with Crippen molar-refractivity contribution in [1.29, 1.82) is 0 Å². The molecule has 1 unspecified atom stereocenters. The minimum Gasteiger partial charge on any atom is -0.349 e. The third-order valence-electron chi connectivity index (χ3n) is 2.79. The molecule has 0 radical (unpaired) electrons. The van der Waals surface area contributed by atoms with Gasteiger partial charge in [-0.3, -0.25) is 9.78 Å². The normalized spacial score (nSPS) is 14.2. The maximum atomic E-state index is 11.7. The van der Waals surface area contributed by atoms with Crippen molar-refractivity contribution in [3.05, 3.63) is 29.6 Å². The molecule has 88 valence electrons. The van der Waals surface area contributed by atoms with Crippen LogP contribution in [0.25, 0.3) is 0 Å². The molecule has 1 heterocycles. The van der Waals surface area contributed by atoms with E-state index in [0.29, 0.717) is 13.0 Å². The van der Waals surface area contributed by atoms with Gasteiger partial charge in [0, 0.05) is 6.20 Å². The van der Waals surface area contributed by atoms with E-state index in [1.165, 1.54) is 0 Å². The van der Waals surface area contributed by atoms with Crippen LogP contribution in [0.4, 0.5) is 0 Å². The second-order valence-electron chi connectivity index (χ2n) is 4.22. The summed E-state index contributed by atoms with van der Waals surface area (Å²) in [7, 11) is 0. The maximum absolute atomic E-state index is 11.7. The third-order valence-corrected chi connectivity index (χ3v) is 2.79. The van der Waals surface area contributed by atoms with Crippen LogP contribution in [0, 0.1) is 6.92 Å². The van der Waals surface area contributed by atoms with Gasteiger partial charge in [0.25, 0.3) is 0 Å². The van der Waals surface area contributed by atoms with Crippen LogP contribution in [0.3, 0.4) is 0 Å². The Morgan fingerprint density at radius 1 is 1.62 bits per heavy atom. The van der Waals surface area contributed by atoms with E-state index in [2.05, 4.69) is 10.3 Å². The predicted molar refractivity (Wildman–Crippen MR) is 63.7 cm³/mol. The number of hydrogen-bond acceptors (Lipinski definition) is 3. The molecule has 0 spiro atoms. The fraction of sp³-hybridized carbons (Fsp3) is 0.500. The number of aromatic nitrogens is 1. The zero-order chi connectivity index (χ0) is 12.2. The van der Waals surface area contributed by atoms with Crippen molar-refractivity contribution in [2.75, 3.05) is 0 Å². The molecule has 1 aromatic rings. The van der Waals surface area contributed by atoms with Crippen molar-refractivity contribution < 1.29 is 4.79 Å². The van der Waals surface area contributed by atoms with Gasteiger partial charge in [-0.2, -0.15) is 0 Å². The van der Waals surface area contributed by atoms with Gasteiger partial charge in [-0.1, -0.05) is 13.0 Å². The third kappa shape index (κ3) is 3.03. The number of carbonyl (C=O) groups is 1. The number of nitrogens with two attached hydrogens (primary N) is 1. The molecule has 4 nitrogen and oxygen atoms in total. The molecular formula is C12H19N3O. The first-order valence-electron chi connectivity index (χ1n) is 5.45. The number of pyridine rings is 1. The molecule has 1 atom stereocenters. The molecule has 1 amide bonds. The smallest absolute Gasteiger partial charge is 0.240 e. The predicted octanol–water partition coefficient (Wildman–Crippen LogP) is 1.13. The van der Waals surface area contributed by atoms with Crippen LogP contribution in [0.15, 0.2) is 18.3 Å². The van der Waals surface area contributed by atoms with E-state index in [9.17, 15) is 4.79 Å². The summed E-state index contributed by atoms with van der Waals surface area (Å²) in [6.45, 7) is 6.02. The van der Waals surface area contributed by atoms with Crippen LogP contribution in [-0.4, -0.2) is 16.4 Å². The number of rotatable bonds is 4. The van der Waals surface area contributed by atoms with Crippen LogP contribution in [0.2, 0.25) is 0 Å². The average molecular weight is 221 g/mol. The lowest BCUT2D eigenvalue weighted by molar-refractivity contribution is -0.126. The molecule has 16 heavy (non-hydrogen) atoms. The fourth-order valence-electron chi connectivity index (χ4n) is 1.23. The summed E-state index contributed by atoms with van der Waals surface area (Å²) in [5, 5.41) is 2.80. The van der Waals surface area contributed by atoms with Gasteiger partial charge in [0.15, 0.2) is 0 Å². The number of carbonyl (C=O) groups excluding carboxylic acids is 1. The summed E-state index contributed by atoms with van der Waals surface area (Å²) >= 11 is 0. The molecular weight excluding hydrogens is 202 g/mol. The summed E-state index contributed by atoms with van der Waals surface area (Å²) < 4.78 is 0. The van der Waals surface area contributed by atoms with Gasteiger partial charge in [0.1, 0.15) is 0 Å². The summed E-state index contributed by atoms with van der Waals surface area (Å²) in [5.74, 6) is -0.139. The molecule has 1 aromatic heterocycles. The number of nitrogens with one attached hydrogen (secondary N) is 1. The molecule has 0 bridgehead atoms. The van der Waals surface area contributed by atoms with Gasteiger partial charge < -0.3 is 11.1 Å². The Bertz CT molecular complexity index is 374. The summed E-state index contributed by atoms with van der Waals surface area (Å²) in [4.78, 5) is 15.9. The zero-order valence-electron chi connectivity index (χ0n) is 10.1. The molecule has 0 saturated heterocycles. The quantitative estimate of drug-likeness (QED) is 0.801. The molecule has 0 aromatic carbocycles. The second-order valence-corrected chi connectivity index (χ2v) is 4.22. The monoisotopic (exact) mass is 221 g/mol. The van der Waals surface area contributed by atoms with Crippen LogP contribution in [0.5, 0.6) is 0 Å². The average Bonchev–Trinajstić information content (AvgIpc) is 2.27. The number of nitrogens with zero attached hydrogens (tertiary/aromatic N) is 1. The Hall–Kier alpha value is -1.42. The van der Waals surface area contributed by atoms with Crippen molar-refractivity contribution >= 4 is 5.91 Å². The van der Waals surface area contributed by atoms with Crippen molar-refractivity contribution in [2.24, 2.45) is 5.73 Å². The molecule has 4 heteroatoms. The Morgan fingerprint density at radius 3 is 2.88 bits per heavy atom. The van der Waals surface area contributed by atoms with Gasteiger partial charge in [-0.05, 0) is 31.9 Å². The van der Waals surface area contributed by atoms with E-state index in [1.807, 2.05) is 26.0 Å². The molecule has 0 fully saturated rings. The van der Waals surface area contributed by atoms with Gasteiger partial charge in [-0.15, -0.1) is 0 Å². The molecule has 0 saturated carbocycles. The molecule has 0 aliphatic carbocycles. The van der Waals surface area contributed by atoms with Crippen molar-refractivity contribution in [3.8, 4) is 0 Å². The van der Waals surface area contributed by atoms with Gasteiger partial charge in [0.05, 0.1) is 17.8 Å². The highest BCUT2D eigenvalue weighted by Gasteiger charge is 2.25. The Labute approximate surface area is 96.3 Å². The minimum absolute atomic E-state index is 0.139. The standard InChI is InChI=1S/C12H19N3O/c1-4-12(3,13)11(16)15-8-10-9(2)6-5-7-14-10/h5-7H,4,8,13H2,1-3H3,(H,15,16). The zero-order valence-corrected chi connectivity index (χ0v) is 10.1. The molecule has 3 N–H and O–H groups in total. The van der Waals surface area contributed by atoms with Crippen LogP contribution in [0.1, 0.15) is 31.5 Å². The topological polar surface area (TPSA) is 68.0 Å². The highest BCUT2D eigenvalue weighted by molar-refractivity contribution is 5.85. The van der Waals surface area contributed by atoms with E-state index in [4.69, 9.17) is 5.73 Å². The van der Waals surface area contributed by atoms with E-state index in [0.717, 1.165) is 11.3 Å². The largest absolute Gasteiger partial charge is 0.349 e. The van der Waals surface area contributed by atoms with E-state index in [1.54, 1.807) is 13.1 Å². The minimum atomic E-state index is -0.803.